The average Bonchev–Trinajstić information content (AvgIpc) is 2.17. The summed E-state index contributed by atoms with van der Waals surface area (Å²) in [6, 6.07) is 0. The maximum absolute atomic E-state index is 9.90. The average molecular weight is 216 g/mol. The topological polar surface area (TPSA) is 37.3 Å². The van der Waals surface area contributed by atoms with Crippen LogP contribution in [0.4, 0.5) is 0 Å². The number of aliphatic carboxylic acids is 1. The fraction of sp³-hybridized carbons (Fsp3) is 0.923. The van der Waals surface area contributed by atoms with E-state index in [0.717, 1.165) is 6.42 Å². The largest absolute Gasteiger partial charge is 0.481 e. The lowest BCUT2D eigenvalue weighted by molar-refractivity contribution is -0.137. The van der Waals surface area contributed by atoms with Crippen LogP contribution in [0.2, 0.25) is 0 Å². The van der Waals surface area contributed by atoms with Crippen LogP contribution in [0.25, 0.3) is 0 Å². The van der Waals surface area contributed by atoms with Gasteiger partial charge in [-0.05, 0) is 12.3 Å². The molecule has 1 N–H and O–H groups in total. The van der Waals surface area contributed by atoms with Gasteiger partial charge in [-0.2, -0.15) is 0 Å². The summed E-state index contributed by atoms with van der Waals surface area (Å²) < 4.78 is 0. The van der Waals surface area contributed by atoms with Crippen LogP contribution in [0.15, 0.2) is 0 Å². The van der Waals surface area contributed by atoms with E-state index in [1.165, 1.54) is 32.1 Å². The molecule has 0 aliphatic heterocycles. The van der Waals surface area contributed by atoms with Gasteiger partial charge in [0, 0.05) is 6.42 Å². The summed E-state index contributed by atoms with van der Waals surface area (Å²) in [6.45, 7) is 8.52. The van der Waals surface area contributed by atoms with Crippen LogP contribution in [0, 0.1) is 5.92 Å². The first-order valence-corrected chi connectivity index (χ1v) is 6.26. The summed E-state index contributed by atoms with van der Waals surface area (Å²) >= 11 is 0. The summed E-state index contributed by atoms with van der Waals surface area (Å²) in [4.78, 5) is 9.90. The molecule has 0 aromatic rings. The molecule has 92 valence electrons. The van der Waals surface area contributed by atoms with Crippen LogP contribution in [0.1, 0.15) is 72.6 Å². The molecule has 0 heterocycles. The van der Waals surface area contributed by atoms with Gasteiger partial charge in [0.25, 0.3) is 0 Å². The Morgan fingerprint density at radius 2 is 1.53 bits per heavy atom. The molecule has 0 amide bonds. The number of hydrogen-bond acceptors (Lipinski definition) is 1. The third-order valence-electron chi connectivity index (χ3n) is 2.14. The SMILES string of the molecule is CC(C)CCC(=O)O.CCCCCCC. The molecule has 2 nitrogen and oxygen atoms in total. The van der Waals surface area contributed by atoms with E-state index < -0.39 is 5.97 Å². The Hall–Kier alpha value is -0.530. The number of rotatable bonds is 7. The van der Waals surface area contributed by atoms with Crippen molar-refractivity contribution in [2.45, 2.75) is 72.6 Å². The van der Waals surface area contributed by atoms with Gasteiger partial charge >= 0.3 is 5.97 Å². The lowest BCUT2D eigenvalue weighted by Crippen LogP contribution is -1.97. The van der Waals surface area contributed by atoms with E-state index in [0.29, 0.717) is 12.3 Å². The zero-order valence-corrected chi connectivity index (χ0v) is 10.9. The van der Waals surface area contributed by atoms with E-state index in [1.807, 2.05) is 13.8 Å². The van der Waals surface area contributed by atoms with Crippen molar-refractivity contribution >= 4 is 5.97 Å². The van der Waals surface area contributed by atoms with Gasteiger partial charge in [-0.1, -0.05) is 59.8 Å². The van der Waals surface area contributed by atoms with Crippen molar-refractivity contribution in [3.05, 3.63) is 0 Å². The van der Waals surface area contributed by atoms with E-state index in [2.05, 4.69) is 13.8 Å². The van der Waals surface area contributed by atoms with Crippen molar-refractivity contribution in [3.63, 3.8) is 0 Å². The summed E-state index contributed by atoms with van der Waals surface area (Å²) in [5.41, 5.74) is 0. The maximum Gasteiger partial charge on any atom is 0.303 e. The third-order valence-corrected chi connectivity index (χ3v) is 2.14. The van der Waals surface area contributed by atoms with Gasteiger partial charge in [0.05, 0.1) is 0 Å². The molecular weight excluding hydrogens is 188 g/mol. The quantitative estimate of drug-likeness (QED) is 0.637. The van der Waals surface area contributed by atoms with E-state index in [1.54, 1.807) is 0 Å². The summed E-state index contributed by atoms with van der Waals surface area (Å²) in [5.74, 6) is -0.190. The molecule has 0 atom stereocenters. The summed E-state index contributed by atoms with van der Waals surface area (Å²) in [5, 5.41) is 8.16. The van der Waals surface area contributed by atoms with Crippen LogP contribution < -0.4 is 0 Å². The first kappa shape index (κ1) is 16.9. The number of carbonyl (C=O) groups is 1. The van der Waals surface area contributed by atoms with Crippen LogP contribution >= 0.6 is 0 Å². The molecule has 0 saturated carbocycles. The Bertz CT molecular complexity index is 126. The first-order chi connectivity index (χ1) is 7.04. The van der Waals surface area contributed by atoms with Crippen molar-refractivity contribution in [1.29, 1.82) is 0 Å². The molecule has 0 fully saturated rings. The highest BCUT2D eigenvalue weighted by Crippen LogP contribution is 2.02. The lowest BCUT2D eigenvalue weighted by atomic mass is 10.1. The molecule has 0 saturated heterocycles. The predicted molar refractivity (Wildman–Crippen MR) is 66.1 cm³/mol. The minimum Gasteiger partial charge on any atom is -0.481 e. The highest BCUT2D eigenvalue weighted by molar-refractivity contribution is 5.66. The predicted octanol–water partition coefficient (Wildman–Crippen LogP) is 4.48. The van der Waals surface area contributed by atoms with Gasteiger partial charge in [0.1, 0.15) is 0 Å². The second kappa shape index (κ2) is 13.5. The number of carboxylic acids is 1. The molecule has 15 heavy (non-hydrogen) atoms. The molecule has 0 aromatic carbocycles. The van der Waals surface area contributed by atoms with Crippen molar-refractivity contribution in [2.24, 2.45) is 5.92 Å². The molecule has 0 radical (unpaired) electrons. The van der Waals surface area contributed by atoms with E-state index in [4.69, 9.17) is 5.11 Å². The van der Waals surface area contributed by atoms with Crippen molar-refractivity contribution in [3.8, 4) is 0 Å². The van der Waals surface area contributed by atoms with Crippen molar-refractivity contribution in [1.82, 2.24) is 0 Å². The highest BCUT2D eigenvalue weighted by Gasteiger charge is 1.97. The Morgan fingerprint density at radius 1 is 1.07 bits per heavy atom. The van der Waals surface area contributed by atoms with Crippen LogP contribution in [0.5, 0.6) is 0 Å². The summed E-state index contributed by atoms with van der Waals surface area (Å²) in [6.07, 6.45) is 8.10. The monoisotopic (exact) mass is 216 g/mol. The van der Waals surface area contributed by atoms with Gasteiger partial charge in [0.15, 0.2) is 0 Å². The second-order valence-electron chi connectivity index (χ2n) is 4.39. The van der Waals surface area contributed by atoms with Gasteiger partial charge in [-0.25, -0.2) is 0 Å². The molecule has 0 aliphatic carbocycles. The lowest BCUT2D eigenvalue weighted by Gasteiger charge is -1.97. The van der Waals surface area contributed by atoms with Crippen LogP contribution in [-0.2, 0) is 4.79 Å². The second-order valence-corrected chi connectivity index (χ2v) is 4.39. The first-order valence-electron chi connectivity index (χ1n) is 6.26. The third kappa shape index (κ3) is 24.7. The Labute approximate surface area is 95.1 Å². The molecule has 0 aromatic heterocycles. The minimum atomic E-state index is -0.696. The van der Waals surface area contributed by atoms with E-state index in [9.17, 15) is 4.79 Å². The fourth-order valence-electron chi connectivity index (χ4n) is 1.09. The molecule has 0 unspecified atom stereocenters. The summed E-state index contributed by atoms with van der Waals surface area (Å²) in [7, 11) is 0. The number of carboxylic acid groups (broad SMARTS) is 1. The smallest absolute Gasteiger partial charge is 0.303 e. The minimum absolute atomic E-state index is 0.303. The Balaban J connectivity index is 0. The number of hydrogen-bond donors (Lipinski definition) is 1. The Kier molecular flexibility index (Phi) is 15.2. The highest BCUT2D eigenvalue weighted by atomic mass is 16.4. The van der Waals surface area contributed by atoms with Crippen LogP contribution in [0.3, 0.4) is 0 Å². The maximum atomic E-state index is 9.90. The fourth-order valence-corrected chi connectivity index (χ4v) is 1.09. The zero-order valence-electron chi connectivity index (χ0n) is 10.9. The van der Waals surface area contributed by atoms with E-state index >= 15 is 0 Å². The zero-order chi connectivity index (χ0) is 12.1. The van der Waals surface area contributed by atoms with Gasteiger partial charge < -0.3 is 5.11 Å². The standard InChI is InChI=1S/C7H16.C6H12O2/c1-3-5-7-6-4-2;1-5(2)3-4-6(7)8/h3-7H2,1-2H3;5H,3-4H2,1-2H3,(H,7,8). The van der Waals surface area contributed by atoms with Gasteiger partial charge in [0.2, 0.25) is 0 Å². The normalized spacial score (nSPS) is 9.67. The van der Waals surface area contributed by atoms with Crippen molar-refractivity contribution in [2.75, 3.05) is 0 Å². The van der Waals surface area contributed by atoms with Crippen molar-refractivity contribution < 1.29 is 9.90 Å². The molecule has 0 aliphatic rings. The molecular formula is C13H28O2. The molecule has 0 spiro atoms. The van der Waals surface area contributed by atoms with Gasteiger partial charge in [-0.15, -0.1) is 0 Å². The molecule has 0 bridgehead atoms. The Morgan fingerprint density at radius 3 is 1.73 bits per heavy atom. The van der Waals surface area contributed by atoms with E-state index in [-0.39, 0.29) is 0 Å². The number of unbranched alkanes of at least 4 members (excludes halogenated alkanes) is 4. The molecule has 2 heteroatoms. The molecule has 0 rings (SSSR count). The van der Waals surface area contributed by atoms with Gasteiger partial charge in [-0.3, -0.25) is 4.79 Å². The van der Waals surface area contributed by atoms with Crippen LogP contribution in [-0.4, -0.2) is 11.1 Å².